The van der Waals surface area contributed by atoms with Gasteiger partial charge in [0.15, 0.2) is 0 Å². The lowest BCUT2D eigenvalue weighted by atomic mass is 10.2. The largest absolute Gasteiger partial charge is 1.00 e. The first-order valence-electron chi connectivity index (χ1n) is 7.21. The highest BCUT2D eigenvalue weighted by atomic mass is 35.5. The summed E-state index contributed by atoms with van der Waals surface area (Å²) < 4.78 is 11.0. The zero-order chi connectivity index (χ0) is 14.2. The molecule has 0 saturated carbocycles. The molecule has 0 radical (unpaired) electrons. The molecule has 22 heavy (non-hydrogen) atoms. The maximum Gasteiger partial charge on any atom is 0.123 e. The minimum absolute atomic E-state index is 0. The van der Waals surface area contributed by atoms with Crippen molar-refractivity contribution in [3.05, 3.63) is 28.8 Å². The number of hydrogen-bond donors (Lipinski definition) is 1. The molecule has 1 aliphatic rings. The molecule has 128 valence electrons. The predicted molar refractivity (Wildman–Crippen MR) is 81.6 cm³/mol. The molecule has 0 amide bonds. The van der Waals surface area contributed by atoms with E-state index in [9.17, 15) is 0 Å². The summed E-state index contributed by atoms with van der Waals surface area (Å²) in [5.41, 5.74) is 1.11. The highest BCUT2D eigenvalue weighted by Gasteiger charge is 2.09. The van der Waals surface area contributed by atoms with E-state index in [-0.39, 0.29) is 24.8 Å². The Morgan fingerprint density at radius 1 is 1.27 bits per heavy atom. The molecule has 0 atom stereocenters. The number of hydrogen-bond acceptors (Lipinski definition) is 4. The lowest BCUT2D eigenvalue weighted by Gasteiger charge is -2.26. The minimum atomic E-state index is 0. The smallest absolute Gasteiger partial charge is 0.123 e. The van der Waals surface area contributed by atoms with Crippen molar-refractivity contribution in [1.82, 2.24) is 10.2 Å². The summed E-state index contributed by atoms with van der Waals surface area (Å²) >= 11 is 6.05. The summed E-state index contributed by atoms with van der Waals surface area (Å²) in [5, 5.41) is 4.20. The fourth-order valence-corrected chi connectivity index (χ4v) is 2.46. The van der Waals surface area contributed by atoms with E-state index in [2.05, 4.69) is 10.2 Å². The Hall–Kier alpha value is -0.230. The monoisotopic (exact) mass is 368 g/mol. The van der Waals surface area contributed by atoms with Gasteiger partial charge in [0.25, 0.3) is 0 Å². The second-order valence-electron chi connectivity index (χ2n) is 4.82. The molecule has 1 aromatic carbocycles. The van der Waals surface area contributed by atoms with Crippen molar-refractivity contribution < 1.29 is 34.3 Å². The van der Waals surface area contributed by atoms with Crippen LogP contribution < -0.4 is 34.9 Å². The molecule has 2 rings (SSSR count). The Kier molecular flexibility index (Phi) is 12.1. The summed E-state index contributed by atoms with van der Waals surface area (Å²) in [6.45, 7) is 9.20. The topological polar surface area (TPSA) is 33.7 Å². The summed E-state index contributed by atoms with van der Waals surface area (Å²) in [6, 6.07) is 5.77. The van der Waals surface area contributed by atoms with Crippen LogP contribution >= 0.6 is 11.6 Å². The van der Waals surface area contributed by atoms with Crippen molar-refractivity contribution in [2.45, 2.75) is 13.5 Å². The predicted octanol–water partition coefficient (Wildman–Crippen LogP) is -3.83. The van der Waals surface area contributed by atoms with Crippen LogP contribution in [0, 0.1) is 0 Å². The zero-order valence-corrected chi connectivity index (χ0v) is 15.1. The summed E-state index contributed by atoms with van der Waals surface area (Å²) in [4.78, 5) is 2.41. The Balaban J connectivity index is 0.00000220. The van der Waals surface area contributed by atoms with Crippen molar-refractivity contribution in [2.24, 2.45) is 0 Å². The fourth-order valence-electron chi connectivity index (χ4n) is 2.27. The highest BCUT2D eigenvalue weighted by molar-refractivity contribution is 6.30. The highest BCUT2D eigenvalue weighted by Crippen LogP contribution is 2.22. The number of nitrogens with zero attached hydrogens (tertiary/aromatic N) is 1. The zero-order valence-electron chi connectivity index (χ0n) is 12.8. The second kappa shape index (κ2) is 12.2. The molecule has 1 N–H and O–H groups in total. The van der Waals surface area contributed by atoms with Gasteiger partial charge in [-0.2, -0.15) is 0 Å². The average Bonchev–Trinajstić information content (AvgIpc) is 2.47. The third-order valence-corrected chi connectivity index (χ3v) is 3.58. The van der Waals surface area contributed by atoms with E-state index in [0.29, 0.717) is 6.61 Å². The van der Waals surface area contributed by atoms with Crippen molar-refractivity contribution >= 4 is 11.6 Å². The van der Waals surface area contributed by atoms with Gasteiger partial charge in [0.1, 0.15) is 5.75 Å². The van der Waals surface area contributed by atoms with Crippen molar-refractivity contribution in [3.63, 3.8) is 0 Å². The van der Waals surface area contributed by atoms with Gasteiger partial charge in [-0.05, 0) is 25.1 Å². The number of morpholine rings is 1. The van der Waals surface area contributed by atoms with Crippen molar-refractivity contribution in [2.75, 3.05) is 46.0 Å². The Morgan fingerprint density at radius 3 is 2.68 bits per heavy atom. The van der Waals surface area contributed by atoms with E-state index in [1.54, 1.807) is 0 Å². The second-order valence-corrected chi connectivity index (χ2v) is 5.25. The van der Waals surface area contributed by atoms with Crippen LogP contribution in [-0.2, 0) is 11.3 Å². The third kappa shape index (κ3) is 7.36. The molecule has 0 aromatic heterocycles. The number of rotatable bonds is 7. The summed E-state index contributed by atoms with van der Waals surface area (Å²) in [5.74, 6) is 0.913. The van der Waals surface area contributed by atoms with E-state index < -0.39 is 0 Å². The van der Waals surface area contributed by atoms with Crippen LogP contribution in [0.3, 0.4) is 0 Å². The van der Waals surface area contributed by atoms with Crippen LogP contribution in [0.5, 0.6) is 5.75 Å². The van der Waals surface area contributed by atoms with Gasteiger partial charge in [0.2, 0.25) is 0 Å². The maximum atomic E-state index is 6.05. The van der Waals surface area contributed by atoms with Crippen LogP contribution in [-0.4, -0.2) is 50.9 Å². The van der Waals surface area contributed by atoms with Gasteiger partial charge in [-0.15, -0.1) is 0 Å². The average molecular weight is 370 g/mol. The number of halogens is 3. The van der Waals surface area contributed by atoms with Gasteiger partial charge in [-0.25, -0.2) is 0 Å². The van der Waals surface area contributed by atoms with Gasteiger partial charge in [-0.3, -0.25) is 4.90 Å². The summed E-state index contributed by atoms with van der Waals surface area (Å²) in [7, 11) is 0. The van der Waals surface area contributed by atoms with Crippen LogP contribution in [0.2, 0.25) is 5.02 Å². The molecular formula is C15H23Cl3N2O2-2. The Morgan fingerprint density at radius 2 is 2.00 bits per heavy atom. The molecule has 1 saturated heterocycles. The first-order valence-corrected chi connectivity index (χ1v) is 7.59. The summed E-state index contributed by atoms with van der Waals surface area (Å²) in [6.07, 6.45) is 0. The Bertz CT molecular complexity index is 416. The normalized spacial score (nSPS) is 14.8. The van der Waals surface area contributed by atoms with Crippen LogP contribution in [0.1, 0.15) is 12.5 Å². The standard InChI is InChI=1S/C15H23ClN2O2.2ClH/c1-2-20-15-4-3-14(16)11-13(15)12-17-5-6-18-7-9-19-10-8-18;;/h3-4,11,17H,2,5-10,12H2,1H3;2*1H/p-2. The van der Waals surface area contributed by atoms with Gasteiger partial charge >= 0.3 is 0 Å². The van der Waals surface area contributed by atoms with Crippen LogP contribution in [0.4, 0.5) is 0 Å². The molecule has 1 heterocycles. The van der Waals surface area contributed by atoms with E-state index in [4.69, 9.17) is 21.1 Å². The van der Waals surface area contributed by atoms with Crippen molar-refractivity contribution in [3.8, 4) is 5.75 Å². The number of benzene rings is 1. The lowest BCUT2D eigenvalue weighted by molar-refractivity contribution is -0.001000. The molecule has 0 spiro atoms. The van der Waals surface area contributed by atoms with E-state index in [1.807, 2.05) is 25.1 Å². The van der Waals surface area contributed by atoms with Gasteiger partial charge in [-0.1, -0.05) is 11.6 Å². The van der Waals surface area contributed by atoms with E-state index in [1.165, 1.54) is 0 Å². The molecule has 0 aliphatic carbocycles. The van der Waals surface area contributed by atoms with Gasteiger partial charge in [0, 0.05) is 43.3 Å². The minimum Gasteiger partial charge on any atom is -1.00 e. The first-order chi connectivity index (χ1) is 9.79. The van der Waals surface area contributed by atoms with E-state index >= 15 is 0 Å². The van der Waals surface area contributed by atoms with Crippen molar-refractivity contribution in [1.29, 1.82) is 0 Å². The van der Waals surface area contributed by atoms with Gasteiger partial charge < -0.3 is 39.6 Å². The van der Waals surface area contributed by atoms with Crippen LogP contribution in [0.25, 0.3) is 0 Å². The molecule has 7 heteroatoms. The Labute approximate surface area is 150 Å². The van der Waals surface area contributed by atoms with Crippen LogP contribution in [0.15, 0.2) is 18.2 Å². The molecule has 0 bridgehead atoms. The molecule has 1 fully saturated rings. The number of ether oxygens (including phenoxy) is 2. The molecule has 4 nitrogen and oxygen atoms in total. The molecule has 1 aliphatic heterocycles. The quantitative estimate of drug-likeness (QED) is 0.500. The SMILES string of the molecule is CCOc1ccc(Cl)cc1CNCCN1CCOCC1.[Cl-].[Cl-]. The van der Waals surface area contributed by atoms with E-state index in [0.717, 1.165) is 62.3 Å². The maximum absolute atomic E-state index is 6.05. The number of nitrogens with one attached hydrogen (secondary N) is 1. The first kappa shape index (κ1) is 21.8. The molecule has 0 unspecified atom stereocenters. The molecule has 1 aromatic rings. The van der Waals surface area contributed by atoms with Gasteiger partial charge in [0.05, 0.1) is 19.8 Å². The third-order valence-electron chi connectivity index (χ3n) is 3.35. The fraction of sp³-hybridized carbons (Fsp3) is 0.600. The molecular weight excluding hydrogens is 347 g/mol. The lowest BCUT2D eigenvalue weighted by Crippen LogP contribution is -3.00.